The van der Waals surface area contributed by atoms with Crippen LogP contribution in [0.5, 0.6) is 0 Å². The van der Waals surface area contributed by atoms with Crippen LogP contribution in [-0.4, -0.2) is 15.0 Å². The molecule has 0 aliphatic heterocycles. The Hall–Kier alpha value is -0.890. The van der Waals surface area contributed by atoms with Gasteiger partial charge in [0.1, 0.15) is 4.90 Å². The molecule has 0 aliphatic carbocycles. The molecule has 4 nitrogen and oxygen atoms in total. The number of anilines is 1. The summed E-state index contributed by atoms with van der Waals surface area (Å²) in [5, 5.41) is 0. The Labute approximate surface area is 137 Å². The van der Waals surface area contributed by atoms with Crippen molar-refractivity contribution in [1.29, 1.82) is 0 Å². The van der Waals surface area contributed by atoms with Crippen molar-refractivity contribution in [3.63, 3.8) is 0 Å². The van der Waals surface area contributed by atoms with E-state index >= 15 is 0 Å². The Balaban J connectivity index is 2.49. The second-order valence-electron chi connectivity index (χ2n) is 4.56. The predicted molar refractivity (Wildman–Crippen MR) is 91.3 cm³/mol. The highest BCUT2D eigenvalue weighted by Crippen LogP contribution is 2.35. The van der Waals surface area contributed by atoms with Crippen molar-refractivity contribution in [2.75, 3.05) is 10.8 Å². The molecule has 7 heteroatoms. The monoisotopic (exact) mass is 388 g/mol. The molecule has 0 aliphatic rings. The van der Waals surface area contributed by atoms with Crippen LogP contribution < -0.4 is 10.0 Å². The molecule has 0 spiro atoms. The number of hydrogen-bond acceptors (Lipinski definition) is 4. The average Bonchev–Trinajstić information content (AvgIpc) is 2.83. The van der Waals surface area contributed by atoms with Crippen LogP contribution >= 0.6 is 27.3 Å². The quantitative estimate of drug-likeness (QED) is 0.852. The Morgan fingerprint density at radius 2 is 1.90 bits per heavy atom. The molecule has 0 saturated carbocycles. The van der Waals surface area contributed by atoms with Crippen LogP contribution in [0.3, 0.4) is 0 Å². The van der Waals surface area contributed by atoms with Crippen molar-refractivity contribution in [3.05, 3.63) is 44.6 Å². The van der Waals surface area contributed by atoms with Gasteiger partial charge in [0.15, 0.2) is 0 Å². The van der Waals surface area contributed by atoms with E-state index in [1.807, 2.05) is 38.1 Å². The van der Waals surface area contributed by atoms with Gasteiger partial charge in [-0.05, 0) is 48.0 Å². The fourth-order valence-corrected chi connectivity index (χ4v) is 5.98. The first kappa shape index (κ1) is 16.5. The smallest absolute Gasteiger partial charge is 0.266 e. The maximum atomic E-state index is 12.9. The van der Waals surface area contributed by atoms with Gasteiger partial charge < -0.3 is 5.73 Å². The van der Waals surface area contributed by atoms with Crippen LogP contribution in [0.15, 0.2) is 39.0 Å². The lowest BCUT2D eigenvalue weighted by Crippen LogP contribution is -2.30. The summed E-state index contributed by atoms with van der Waals surface area (Å²) in [5.41, 5.74) is 7.35. The van der Waals surface area contributed by atoms with Crippen molar-refractivity contribution >= 4 is 43.0 Å². The van der Waals surface area contributed by atoms with Crippen LogP contribution in [0, 0.1) is 6.92 Å². The lowest BCUT2D eigenvalue weighted by Gasteiger charge is -2.22. The van der Waals surface area contributed by atoms with Gasteiger partial charge >= 0.3 is 0 Å². The van der Waals surface area contributed by atoms with Gasteiger partial charge in [0.2, 0.25) is 0 Å². The molecule has 2 aromatic rings. The van der Waals surface area contributed by atoms with E-state index in [0.29, 0.717) is 22.6 Å². The standard InChI is InChI=1S/C14H17BrN2O2S2/c1-3-17(11-6-4-10(2)5-7-11)21(18,19)13-8-12(9-16)20-14(13)15/h4-8H,3,9,16H2,1-2H3. The molecule has 2 rings (SSSR count). The molecule has 0 atom stereocenters. The minimum atomic E-state index is -3.60. The van der Waals surface area contributed by atoms with Gasteiger partial charge in [-0.2, -0.15) is 0 Å². The van der Waals surface area contributed by atoms with Crippen molar-refractivity contribution in [3.8, 4) is 0 Å². The van der Waals surface area contributed by atoms with Gasteiger partial charge in [-0.3, -0.25) is 4.31 Å². The summed E-state index contributed by atoms with van der Waals surface area (Å²) in [6, 6.07) is 9.09. The topological polar surface area (TPSA) is 63.4 Å². The number of nitrogens with zero attached hydrogens (tertiary/aromatic N) is 1. The van der Waals surface area contributed by atoms with E-state index in [2.05, 4.69) is 15.9 Å². The van der Waals surface area contributed by atoms with E-state index in [4.69, 9.17) is 5.73 Å². The molecule has 1 aromatic carbocycles. The summed E-state index contributed by atoms with van der Waals surface area (Å²) in [7, 11) is -3.60. The lowest BCUT2D eigenvalue weighted by molar-refractivity contribution is 0.592. The number of hydrogen-bond donors (Lipinski definition) is 1. The molecule has 0 radical (unpaired) electrons. The molecule has 114 valence electrons. The van der Waals surface area contributed by atoms with Crippen LogP contribution in [0.2, 0.25) is 0 Å². The molecule has 0 bridgehead atoms. The zero-order valence-corrected chi connectivity index (χ0v) is 15.1. The van der Waals surface area contributed by atoms with Gasteiger partial charge in [0.05, 0.1) is 9.47 Å². The van der Waals surface area contributed by atoms with Gasteiger partial charge in [-0.15, -0.1) is 11.3 Å². The Morgan fingerprint density at radius 1 is 1.29 bits per heavy atom. The summed E-state index contributed by atoms with van der Waals surface area (Å²) in [4.78, 5) is 1.11. The fraction of sp³-hybridized carbons (Fsp3) is 0.286. The second-order valence-corrected chi connectivity index (χ2v) is 8.85. The van der Waals surface area contributed by atoms with E-state index in [0.717, 1.165) is 10.4 Å². The molecule has 0 saturated heterocycles. The van der Waals surface area contributed by atoms with E-state index in [-0.39, 0.29) is 4.90 Å². The van der Waals surface area contributed by atoms with E-state index < -0.39 is 10.0 Å². The van der Waals surface area contributed by atoms with E-state index in [1.165, 1.54) is 15.6 Å². The zero-order chi connectivity index (χ0) is 15.6. The number of aryl methyl sites for hydroxylation is 1. The second kappa shape index (κ2) is 6.48. The molecule has 1 heterocycles. The number of halogens is 1. The summed E-state index contributed by atoms with van der Waals surface area (Å²) >= 11 is 4.69. The molecule has 0 amide bonds. The van der Waals surface area contributed by atoms with Crippen LogP contribution in [-0.2, 0) is 16.6 Å². The van der Waals surface area contributed by atoms with Crippen LogP contribution in [0.4, 0.5) is 5.69 Å². The average molecular weight is 389 g/mol. The third-order valence-corrected chi connectivity index (χ3v) is 7.26. The first-order chi connectivity index (χ1) is 9.90. The third kappa shape index (κ3) is 3.31. The highest BCUT2D eigenvalue weighted by atomic mass is 79.9. The van der Waals surface area contributed by atoms with E-state index in [9.17, 15) is 8.42 Å². The minimum absolute atomic E-state index is 0.273. The minimum Gasteiger partial charge on any atom is -0.326 e. The summed E-state index contributed by atoms with van der Waals surface area (Å²) < 4.78 is 27.7. The molecule has 0 fully saturated rings. The van der Waals surface area contributed by atoms with Crippen LogP contribution in [0.25, 0.3) is 0 Å². The fourth-order valence-electron chi connectivity index (χ4n) is 2.00. The predicted octanol–water partition coefficient (Wildman–Crippen LogP) is 3.49. The largest absolute Gasteiger partial charge is 0.326 e. The van der Waals surface area contributed by atoms with Crippen molar-refractivity contribution in [2.45, 2.75) is 25.3 Å². The molecule has 1 aromatic heterocycles. The van der Waals surface area contributed by atoms with Gasteiger partial charge in [-0.1, -0.05) is 17.7 Å². The summed E-state index contributed by atoms with van der Waals surface area (Å²) in [6.07, 6.45) is 0. The lowest BCUT2D eigenvalue weighted by atomic mass is 10.2. The molecular weight excluding hydrogens is 372 g/mol. The molecule has 21 heavy (non-hydrogen) atoms. The Bertz CT molecular complexity index is 724. The van der Waals surface area contributed by atoms with Gasteiger partial charge in [0.25, 0.3) is 10.0 Å². The number of sulfonamides is 1. The van der Waals surface area contributed by atoms with Crippen LogP contribution in [0.1, 0.15) is 17.4 Å². The van der Waals surface area contributed by atoms with E-state index in [1.54, 1.807) is 6.07 Å². The number of nitrogens with two attached hydrogens (primary N) is 1. The Morgan fingerprint density at radius 3 is 2.38 bits per heavy atom. The summed E-state index contributed by atoms with van der Waals surface area (Å²) in [5.74, 6) is 0. The van der Waals surface area contributed by atoms with Gasteiger partial charge in [-0.25, -0.2) is 8.42 Å². The normalized spacial score (nSPS) is 11.6. The molecular formula is C14H17BrN2O2S2. The van der Waals surface area contributed by atoms with Gasteiger partial charge in [0, 0.05) is 18.0 Å². The van der Waals surface area contributed by atoms with Crippen molar-refractivity contribution in [1.82, 2.24) is 0 Å². The summed E-state index contributed by atoms with van der Waals surface area (Å²) in [6.45, 7) is 4.49. The molecule has 2 N–H and O–H groups in total. The number of thiophene rings is 1. The van der Waals surface area contributed by atoms with Crippen molar-refractivity contribution in [2.24, 2.45) is 5.73 Å². The first-order valence-electron chi connectivity index (χ1n) is 6.47. The third-order valence-electron chi connectivity index (χ3n) is 3.08. The highest BCUT2D eigenvalue weighted by Gasteiger charge is 2.27. The Kier molecular flexibility index (Phi) is 5.08. The maximum absolute atomic E-state index is 12.9. The van der Waals surface area contributed by atoms with Crippen molar-refractivity contribution < 1.29 is 8.42 Å². The number of rotatable bonds is 5. The molecule has 0 unspecified atom stereocenters. The SMILES string of the molecule is CCN(c1ccc(C)cc1)S(=O)(=O)c1cc(CN)sc1Br. The highest BCUT2D eigenvalue weighted by molar-refractivity contribution is 9.11. The number of benzene rings is 1. The first-order valence-corrected chi connectivity index (χ1v) is 9.52. The zero-order valence-electron chi connectivity index (χ0n) is 11.8. The maximum Gasteiger partial charge on any atom is 0.266 e.